The van der Waals surface area contributed by atoms with Gasteiger partial charge in [-0.1, -0.05) is 6.07 Å². The third-order valence-electron chi connectivity index (χ3n) is 2.69. The molecule has 1 aliphatic heterocycles. The summed E-state index contributed by atoms with van der Waals surface area (Å²) in [6, 6.07) is 7.46. The lowest BCUT2D eigenvalue weighted by atomic mass is 10.3. The summed E-state index contributed by atoms with van der Waals surface area (Å²) in [7, 11) is 0. The summed E-state index contributed by atoms with van der Waals surface area (Å²) in [5.41, 5.74) is 0.782. The third kappa shape index (κ3) is 3.57. The molecule has 1 aliphatic rings. The number of nitrogens with zero attached hydrogens (tertiary/aromatic N) is 1. The van der Waals surface area contributed by atoms with E-state index < -0.39 is 0 Å². The maximum absolute atomic E-state index is 12.0. The van der Waals surface area contributed by atoms with E-state index in [9.17, 15) is 4.79 Å². The van der Waals surface area contributed by atoms with E-state index in [0.29, 0.717) is 6.61 Å². The molecule has 0 atom stereocenters. The number of amides is 2. The van der Waals surface area contributed by atoms with E-state index in [-0.39, 0.29) is 6.03 Å². The molecule has 0 spiro atoms. The molecule has 1 N–H and O–H groups in total. The molecule has 0 saturated carbocycles. The largest absolute Gasteiger partial charge is 0.494 e. The minimum atomic E-state index is -0.0241. The number of thioether (sulfide) groups is 1. The fourth-order valence-electron chi connectivity index (χ4n) is 1.80. The van der Waals surface area contributed by atoms with Gasteiger partial charge < -0.3 is 15.0 Å². The lowest BCUT2D eigenvalue weighted by Gasteiger charge is -2.26. The van der Waals surface area contributed by atoms with E-state index in [1.807, 2.05) is 47.9 Å². The van der Waals surface area contributed by atoms with E-state index in [1.165, 1.54) is 0 Å². The number of hydrogen-bond acceptors (Lipinski definition) is 3. The van der Waals surface area contributed by atoms with Gasteiger partial charge in [0.25, 0.3) is 0 Å². The van der Waals surface area contributed by atoms with E-state index in [2.05, 4.69) is 5.32 Å². The highest BCUT2D eigenvalue weighted by atomic mass is 32.2. The zero-order valence-corrected chi connectivity index (χ0v) is 11.3. The predicted octanol–water partition coefficient (Wildman–Crippen LogP) is 2.67. The summed E-state index contributed by atoms with van der Waals surface area (Å²) >= 11 is 1.89. The fourth-order valence-corrected chi connectivity index (χ4v) is 2.70. The van der Waals surface area contributed by atoms with Gasteiger partial charge in [-0.15, -0.1) is 0 Å². The van der Waals surface area contributed by atoms with E-state index in [4.69, 9.17) is 4.74 Å². The molecular formula is C13H18N2O2S. The number of rotatable bonds is 3. The first-order valence-electron chi connectivity index (χ1n) is 6.16. The van der Waals surface area contributed by atoms with Crippen LogP contribution in [0, 0.1) is 0 Å². The van der Waals surface area contributed by atoms with Crippen LogP contribution in [0.2, 0.25) is 0 Å². The highest BCUT2D eigenvalue weighted by Crippen LogP contribution is 2.18. The quantitative estimate of drug-likeness (QED) is 0.914. The first-order valence-corrected chi connectivity index (χ1v) is 7.31. The summed E-state index contributed by atoms with van der Waals surface area (Å²) in [6.07, 6.45) is 0. The van der Waals surface area contributed by atoms with E-state index in [0.717, 1.165) is 36.0 Å². The molecule has 1 aromatic carbocycles. The molecule has 0 unspecified atom stereocenters. The van der Waals surface area contributed by atoms with Crippen molar-refractivity contribution in [1.82, 2.24) is 4.90 Å². The van der Waals surface area contributed by atoms with Crippen LogP contribution in [0.5, 0.6) is 5.75 Å². The molecule has 4 nitrogen and oxygen atoms in total. The van der Waals surface area contributed by atoms with Gasteiger partial charge in [0, 0.05) is 36.3 Å². The second-order valence-corrected chi connectivity index (χ2v) is 5.22. The van der Waals surface area contributed by atoms with Crippen LogP contribution in [-0.4, -0.2) is 42.1 Å². The molecule has 0 aliphatic carbocycles. The van der Waals surface area contributed by atoms with Gasteiger partial charge in [0.1, 0.15) is 5.75 Å². The summed E-state index contributed by atoms with van der Waals surface area (Å²) in [4.78, 5) is 13.9. The Balaban J connectivity index is 1.95. The molecule has 18 heavy (non-hydrogen) atoms. The Labute approximate surface area is 112 Å². The van der Waals surface area contributed by atoms with Crippen molar-refractivity contribution in [2.24, 2.45) is 0 Å². The third-order valence-corrected chi connectivity index (χ3v) is 3.64. The van der Waals surface area contributed by atoms with E-state index in [1.54, 1.807) is 0 Å². The monoisotopic (exact) mass is 266 g/mol. The van der Waals surface area contributed by atoms with E-state index >= 15 is 0 Å². The normalized spacial score (nSPS) is 15.3. The van der Waals surface area contributed by atoms with Crippen molar-refractivity contribution in [3.05, 3.63) is 24.3 Å². The predicted molar refractivity (Wildman–Crippen MR) is 75.5 cm³/mol. The average Bonchev–Trinajstić information content (AvgIpc) is 2.40. The first kappa shape index (κ1) is 13.1. The van der Waals surface area contributed by atoms with Gasteiger partial charge in [0.2, 0.25) is 0 Å². The Bertz CT molecular complexity index is 406. The number of ether oxygens (including phenoxy) is 1. The highest BCUT2D eigenvalue weighted by molar-refractivity contribution is 7.99. The highest BCUT2D eigenvalue weighted by Gasteiger charge is 2.16. The molecule has 1 fully saturated rings. The summed E-state index contributed by atoms with van der Waals surface area (Å²) in [6.45, 7) is 4.21. The Morgan fingerprint density at radius 2 is 2.22 bits per heavy atom. The van der Waals surface area contributed by atoms with Gasteiger partial charge in [0.15, 0.2) is 0 Å². The van der Waals surface area contributed by atoms with Crippen LogP contribution in [0.15, 0.2) is 24.3 Å². The van der Waals surface area contributed by atoms with Gasteiger partial charge >= 0.3 is 6.03 Å². The van der Waals surface area contributed by atoms with Crippen LogP contribution in [-0.2, 0) is 0 Å². The van der Waals surface area contributed by atoms with Gasteiger partial charge in [-0.3, -0.25) is 0 Å². The SMILES string of the molecule is CCOc1cccc(NC(=O)N2CCSCC2)c1. The number of benzene rings is 1. The average molecular weight is 266 g/mol. The van der Waals surface area contributed by atoms with Crippen molar-refractivity contribution >= 4 is 23.5 Å². The molecule has 0 radical (unpaired) electrons. The van der Waals surface area contributed by atoms with Crippen LogP contribution in [0.25, 0.3) is 0 Å². The number of urea groups is 1. The number of hydrogen-bond donors (Lipinski definition) is 1. The van der Waals surface area contributed by atoms with Crippen molar-refractivity contribution in [3.8, 4) is 5.75 Å². The van der Waals surface area contributed by atoms with Crippen molar-refractivity contribution in [3.63, 3.8) is 0 Å². The van der Waals surface area contributed by atoms with Gasteiger partial charge in [-0.25, -0.2) is 4.79 Å². The lowest BCUT2D eigenvalue weighted by Crippen LogP contribution is -2.40. The number of carbonyl (C=O) groups excluding carboxylic acids is 1. The maximum atomic E-state index is 12.0. The standard InChI is InChI=1S/C13H18N2O2S/c1-2-17-12-5-3-4-11(10-12)14-13(16)15-6-8-18-9-7-15/h3-5,10H,2,6-9H2,1H3,(H,14,16). The molecule has 1 saturated heterocycles. The minimum absolute atomic E-state index is 0.0241. The number of anilines is 1. The van der Waals surface area contributed by atoms with Gasteiger partial charge in [0.05, 0.1) is 6.61 Å². The zero-order chi connectivity index (χ0) is 12.8. The van der Waals surface area contributed by atoms with Crippen molar-refractivity contribution in [2.45, 2.75) is 6.92 Å². The molecule has 0 bridgehead atoms. The van der Waals surface area contributed by atoms with Crippen LogP contribution < -0.4 is 10.1 Å². The molecule has 5 heteroatoms. The Morgan fingerprint density at radius 1 is 1.44 bits per heavy atom. The Kier molecular flexibility index (Phi) is 4.75. The Hall–Kier alpha value is -1.36. The van der Waals surface area contributed by atoms with Crippen molar-refractivity contribution in [2.75, 3.05) is 36.5 Å². The van der Waals surface area contributed by atoms with Gasteiger partial charge in [-0.2, -0.15) is 11.8 Å². The first-order chi connectivity index (χ1) is 8.79. The minimum Gasteiger partial charge on any atom is -0.494 e. The number of carbonyl (C=O) groups is 1. The molecule has 2 rings (SSSR count). The van der Waals surface area contributed by atoms with Crippen molar-refractivity contribution < 1.29 is 9.53 Å². The van der Waals surface area contributed by atoms with Crippen LogP contribution in [0.1, 0.15) is 6.92 Å². The topological polar surface area (TPSA) is 41.6 Å². The van der Waals surface area contributed by atoms with Crippen LogP contribution in [0.4, 0.5) is 10.5 Å². The lowest BCUT2D eigenvalue weighted by molar-refractivity contribution is 0.217. The summed E-state index contributed by atoms with van der Waals surface area (Å²) in [5, 5.41) is 2.91. The number of nitrogens with one attached hydrogen (secondary N) is 1. The molecule has 1 aromatic rings. The van der Waals surface area contributed by atoms with Crippen LogP contribution >= 0.6 is 11.8 Å². The fraction of sp³-hybridized carbons (Fsp3) is 0.462. The summed E-state index contributed by atoms with van der Waals surface area (Å²) in [5.74, 6) is 2.82. The zero-order valence-electron chi connectivity index (χ0n) is 10.5. The summed E-state index contributed by atoms with van der Waals surface area (Å²) < 4.78 is 5.41. The molecule has 2 amide bonds. The van der Waals surface area contributed by atoms with Crippen molar-refractivity contribution in [1.29, 1.82) is 0 Å². The molecule has 1 heterocycles. The smallest absolute Gasteiger partial charge is 0.321 e. The molecule has 98 valence electrons. The Morgan fingerprint density at radius 3 is 2.94 bits per heavy atom. The molecular weight excluding hydrogens is 248 g/mol. The second-order valence-electron chi connectivity index (χ2n) is 3.99. The van der Waals surface area contributed by atoms with Gasteiger partial charge in [-0.05, 0) is 19.1 Å². The maximum Gasteiger partial charge on any atom is 0.321 e. The molecule has 0 aromatic heterocycles. The van der Waals surface area contributed by atoms with Crippen LogP contribution in [0.3, 0.4) is 0 Å². The second kappa shape index (κ2) is 6.54.